The van der Waals surface area contributed by atoms with Crippen molar-refractivity contribution in [2.45, 2.75) is 12.8 Å². The zero-order chi connectivity index (χ0) is 27.3. The van der Waals surface area contributed by atoms with Gasteiger partial charge in [0.1, 0.15) is 11.2 Å². The minimum atomic E-state index is 0.773. The minimum Gasteiger partial charge on any atom is -0.456 e. The van der Waals surface area contributed by atoms with Gasteiger partial charge in [0, 0.05) is 44.3 Å². The second-order valence-electron chi connectivity index (χ2n) is 10.6. The molecule has 0 aliphatic heterocycles. The van der Waals surface area contributed by atoms with Crippen LogP contribution in [0, 0.1) is 0 Å². The van der Waals surface area contributed by atoms with E-state index in [-0.39, 0.29) is 0 Å². The van der Waals surface area contributed by atoms with Gasteiger partial charge in [0.15, 0.2) is 0 Å². The average Bonchev–Trinajstić information content (AvgIpc) is 3.41. The summed E-state index contributed by atoms with van der Waals surface area (Å²) in [6, 6.07) is 40.6. The molecule has 3 heteroatoms. The molecule has 2 nitrogen and oxygen atoms in total. The van der Waals surface area contributed by atoms with Crippen LogP contribution in [-0.2, 0) is 0 Å². The van der Waals surface area contributed by atoms with Crippen molar-refractivity contribution in [2.75, 3.05) is 4.90 Å². The maximum atomic E-state index is 6.65. The van der Waals surface area contributed by atoms with E-state index in [0.29, 0.717) is 0 Å². The summed E-state index contributed by atoms with van der Waals surface area (Å²) in [5.41, 5.74) is 7.56. The van der Waals surface area contributed by atoms with E-state index in [1.54, 1.807) is 0 Å². The standard InChI is InChI=1S/C38H26ClNO/c39-34-15-7-10-27-9-6-14-31(37(27)34)26-16-19-29(20-17-26)40(28-11-2-1-3-12-28)30-21-22-33-36(24-30)41-35-23-18-25-8-4-5-13-32(25)38(33)35/h1-2,4-11,13-24H,3,12H2. The Kier molecular flexibility index (Phi) is 5.68. The lowest BCUT2D eigenvalue weighted by Gasteiger charge is -2.29. The predicted molar refractivity (Wildman–Crippen MR) is 174 cm³/mol. The molecule has 1 aromatic heterocycles. The van der Waals surface area contributed by atoms with Gasteiger partial charge in [-0.15, -0.1) is 0 Å². The van der Waals surface area contributed by atoms with E-state index in [2.05, 4.69) is 126 Å². The fraction of sp³-hybridized carbons (Fsp3) is 0.0526. The molecule has 196 valence electrons. The normalized spacial score (nSPS) is 13.3. The molecule has 0 radical (unpaired) electrons. The molecule has 0 bridgehead atoms. The van der Waals surface area contributed by atoms with Gasteiger partial charge in [0.05, 0.1) is 0 Å². The lowest BCUT2D eigenvalue weighted by atomic mass is 9.97. The van der Waals surface area contributed by atoms with Crippen LogP contribution >= 0.6 is 11.6 Å². The summed E-state index contributed by atoms with van der Waals surface area (Å²) in [6.07, 6.45) is 8.60. The molecule has 8 rings (SSSR count). The molecule has 1 aliphatic carbocycles. The van der Waals surface area contributed by atoms with Crippen LogP contribution in [0.15, 0.2) is 144 Å². The molecule has 7 aromatic rings. The Morgan fingerprint density at radius 1 is 0.634 bits per heavy atom. The second-order valence-corrected chi connectivity index (χ2v) is 11.0. The average molecular weight is 548 g/mol. The summed E-state index contributed by atoms with van der Waals surface area (Å²) in [7, 11) is 0. The van der Waals surface area contributed by atoms with Crippen LogP contribution in [0.5, 0.6) is 0 Å². The Morgan fingerprint density at radius 3 is 2.29 bits per heavy atom. The molecular formula is C38H26ClNO. The number of nitrogens with zero attached hydrogens (tertiary/aromatic N) is 1. The minimum absolute atomic E-state index is 0.773. The van der Waals surface area contributed by atoms with Crippen molar-refractivity contribution in [3.63, 3.8) is 0 Å². The Morgan fingerprint density at radius 2 is 1.44 bits per heavy atom. The smallest absolute Gasteiger partial charge is 0.137 e. The number of hydrogen-bond donors (Lipinski definition) is 0. The van der Waals surface area contributed by atoms with E-state index < -0.39 is 0 Å². The van der Waals surface area contributed by atoms with Crippen LogP contribution in [0.4, 0.5) is 11.4 Å². The van der Waals surface area contributed by atoms with Crippen molar-refractivity contribution in [2.24, 2.45) is 0 Å². The zero-order valence-corrected chi connectivity index (χ0v) is 23.1. The van der Waals surface area contributed by atoms with Crippen LogP contribution < -0.4 is 4.90 Å². The van der Waals surface area contributed by atoms with Crippen LogP contribution in [0.25, 0.3) is 54.6 Å². The van der Waals surface area contributed by atoms with Gasteiger partial charge < -0.3 is 9.32 Å². The number of fused-ring (bicyclic) bond motifs is 6. The van der Waals surface area contributed by atoms with Gasteiger partial charge >= 0.3 is 0 Å². The first-order valence-electron chi connectivity index (χ1n) is 14.0. The second kappa shape index (κ2) is 9.69. The van der Waals surface area contributed by atoms with E-state index in [4.69, 9.17) is 16.0 Å². The van der Waals surface area contributed by atoms with Crippen LogP contribution in [0.3, 0.4) is 0 Å². The summed E-state index contributed by atoms with van der Waals surface area (Å²) in [5.74, 6) is 0. The van der Waals surface area contributed by atoms with Crippen LogP contribution in [-0.4, -0.2) is 0 Å². The quantitative estimate of drug-likeness (QED) is 0.218. The molecule has 1 heterocycles. The van der Waals surface area contributed by atoms with Crippen molar-refractivity contribution in [1.29, 1.82) is 0 Å². The number of rotatable bonds is 4. The number of anilines is 2. The highest BCUT2D eigenvalue weighted by molar-refractivity contribution is 6.36. The molecule has 1 aliphatic rings. The molecule has 0 N–H and O–H groups in total. The van der Waals surface area contributed by atoms with E-state index in [9.17, 15) is 0 Å². The molecule has 0 saturated heterocycles. The summed E-state index contributed by atoms with van der Waals surface area (Å²) in [5, 5.41) is 7.76. The molecular weight excluding hydrogens is 522 g/mol. The molecule has 41 heavy (non-hydrogen) atoms. The first-order valence-corrected chi connectivity index (χ1v) is 14.4. The summed E-state index contributed by atoms with van der Waals surface area (Å²) in [4.78, 5) is 2.36. The molecule has 0 atom stereocenters. The summed E-state index contributed by atoms with van der Waals surface area (Å²) in [6.45, 7) is 0. The van der Waals surface area contributed by atoms with Gasteiger partial charge in [0.25, 0.3) is 0 Å². The molecule has 0 spiro atoms. The Hall–Kier alpha value is -4.79. The van der Waals surface area contributed by atoms with Gasteiger partial charge in [-0.3, -0.25) is 0 Å². The number of halogens is 1. The SMILES string of the molecule is Clc1cccc2cccc(-c3ccc(N(C4=CC=CCC4)c4ccc5c(c4)oc4ccc6ccccc6c45)cc3)c12. The number of benzene rings is 6. The van der Waals surface area contributed by atoms with Crippen LogP contribution in [0.2, 0.25) is 5.02 Å². The molecule has 0 unspecified atom stereocenters. The number of furan rings is 1. The van der Waals surface area contributed by atoms with E-state index in [0.717, 1.165) is 67.7 Å². The lowest BCUT2D eigenvalue weighted by Crippen LogP contribution is -2.17. The Balaban J connectivity index is 1.26. The topological polar surface area (TPSA) is 16.4 Å². The first-order chi connectivity index (χ1) is 20.2. The highest BCUT2D eigenvalue weighted by Gasteiger charge is 2.19. The third-order valence-electron chi connectivity index (χ3n) is 8.17. The highest BCUT2D eigenvalue weighted by Crippen LogP contribution is 2.41. The lowest BCUT2D eigenvalue weighted by molar-refractivity contribution is 0.669. The van der Waals surface area contributed by atoms with Gasteiger partial charge in [-0.2, -0.15) is 0 Å². The number of allylic oxidation sites excluding steroid dienone is 4. The van der Waals surface area contributed by atoms with E-state index in [1.165, 1.54) is 21.9 Å². The van der Waals surface area contributed by atoms with E-state index >= 15 is 0 Å². The van der Waals surface area contributed by atoms with Crippen molar-refractivity contribution in [3.8, 4) is 11.1 Å². The fourth-order valence-electron chi connectivity index (χ4n) is 6.26. The predicted octanol–water partition coefficient (Wildman–Crippen LogP) is 11.6. The molecule has 0 saturated carbocycles. The first kappa shape index (κ1) is 24.0. The third kappa shape index (κ3) is 4.03. The van der Waals surface area contributed by atoms with Crippen molar-refractivity contribution in [3.05, 3.63) is 144 Å². The monoisotopic (exact) mass is 547 g/mol. The summed E-state index contributed by atoms with van der Waals surface area (Å²) < 4.78 is 6.43. The largest absolute Gasteiger partial charge is 0.456 e. The fourth-order valence-corrected chi connectivity index (χ4v) is 6.54. The van der Waals surface area contributed by atoms with Crippen molar-refractivity contribution < 1.29 is 4.42 Å². The van der Waals surface area contributed by atoms with Gasteiger partial charge in [-0.1, -0.05) is 96.5 Å². The van der Waals surface area contributed by atoms with Crippen molar-refractivity contribution in [1.82, 2.24) is 0 Å². The maximum absolute atomic E-state index is 6.65. The molecule has 6 aromatic carbocycles. The van der Waals surface area contributed by atoms with Gasteiger partial charge in [0.2, 0.25) is 0 Å². The third-order valence-corrected chi connectivity index (χ3v) is 8.49. The molecule has 0 fully saturated rings. The van der Waals surface area contributed by atoms with Gasteiger partial charge in [-0.05, 0) is 82.6 Å². The number of hydrogen-bond acceptors (Lipinski definition) is 2. The Labute approximate surface area is 243 Å². The van der Waals surface area contributed by atoms with E-state index in [1.807, 2.05) is 12.1 Å². The highest BCUT2D eigenvalue weighted by atomic mass is 35.5. The van der Waals surface area contributed by atoms with Crippen LogP contribution in [0.1, 0.15) is 12.8 Å². The Bertz CT molecular complexity index is 2160. The summed E-state index contributed by atoms with van der Waals surface area (Å²) >= 11 is 6.65. The maximum Gasteiger partial charge on any atom is 0.137 e. The van der Waals surface area contributed by atoms with Crippen molar-refractivity contribution >= 4 is 66.5 Å². The molecule has 0 amide bonds. The zero-order valence-electron chi connectivity index (χ0n) is 22.3. The van der Waals surface area contributed by atoms with Gasteiger partial charge in [-0.25, -0.2) is 0 Å².